The fraction of sp³-hybridized carbons (Fsp3) is 0.355. The molecule has 3 aromatic rings. The predicted octanol–water partition coefficient (Wildman–Crippen LogP) is 5.57. The molecule has 1 N–H and O–H groups in total. The first kappa shape index (κ1) is 32.0. The van der Waals surface area contributed by atoms with Crippen molar-refractivity contribution in [2.24, 2.45) is 0 Å². The topological polar surface area (TPSA) is 96.0 Å². The van der Waals surface area contributed by atoms with Crippen molar-refractivity contribution < 1.29 is 22.7 Å². The highest BCUT2D eigenvalue weighted by molar-refractivity contribution is 7.92. The van der Waals surface area contributed by atoms with E-state index in [2.05, 4.69) is 5.32 Å². The number of amides is 2. The second-order valence-corrected chi connectivity index (χ2v) is 12.2. The van der Waals surface area contributed by atoms with Gasteiger partial charge in [-0.2, -0.15) is 0 Å². The average Bonchev–Trinajstić information content (AvgIpc) is 2.96. The van der Waals surface area contributed by atoms with E-state index in [0.29, 0.717) is 28.4 Å². The van der Waals surface area contributed by atoms with Crippen LogP contribution in [0, 0.1) is 6.92 Å². The number of ether oxygens (including phenoxy) is 1. The minimum atomic E-state index is -4.17. The fourth-order valence-electron chi connectivity index (χ4n) is 4.38. The van der Waals surface area contributed by atoms with Gasteiger partial charge in [-0.25, -0.2) is 8.42 Å². The summed E-state index contributed by atoms with van der Waals surface area (Å²) in [5.41, 5.74) is 1.83. The third kappa shape index (κ3) is 8.01. The van der Waals surface area contributed by atoms with E-state index in [1.807, 2.05) is 32.9 Å². The number of benzene rings is 3. The number of aryl methyl sites for hydroxylation is 1. The van der Waals surface area contributed by atoms with Crippen LogP contribution in [0.5, 0.6) is 5.75 Å². The van der Waals surface area contributed by atoms with E-state index in [1.165, 1.54) is 29.2 Å². The molecule has 3 rings (SSSR count). The highest BCUT2D eigenvalue weighted by Gasteiger charge is 2.34. The minimum absolute atomic E-state index is 0.00112. The Bertz CT molecular complexity index is 1430. The molecule has 2 amide bonds. The summed E-state index contributed by atoms with van der Waals surface area (Å²) in [6, 6.07) is 19.1. The Morgan fingerprint density at radius 1 is 0.951 bits per heavy atom. The molecule has 0 saturated heterocycles. The molecule has 0 aliphatic rings. The lowest BCUT2D eigenvalue weighted by atomic mass is 10.1. The van der Waals surface area contributed by atoms with Crippen molar-refractivity contribution in [3.05, 3.63) is 88.9 Å². The minimum Gasteiger partial charge on any atom is -0.497 e. The van der Waals surface area contributed by atoms with Crippen molar-refractivity contribution in [3.8, 4) is 5.75 Å². The summed E-state index contributed by atoms with van der Waals surface area (Å²) in [5, 5.41) is 3.37. The Kier molecular flexibility index (Phi) is 11.2. The maximum Gasteiger partial charge on any atom is 0.264 e. The number of rotatable bonds is 13. The molecule has 0 aliphatic heterocycles. The first-order valence-electron chi connectivity index (χ1n) is 13.6. The van der Waals surface area contributed by atoms with E-state index in [4.69, 9.17) is 16.3 Å². The van der Waals surface area contributed by atoms with Crippen molar-refractivity contribution in [1.82, 2.24) is 10.2 Å². The van der Waals surface area contributed by atoms with E-state index < -0.39 is 28.5 Å². The van der Waals surface area contributed by atoms with Crippen molar-refractivity contribution in [3.63, 3.8) is 0 Å². The molecule has 0 fully saturated rings. The number of hydrogen-bond donors (Lipinski definition) is 1. The number of carbonyl (C=O) groups excluding carboxylic acids is 2. The maximum absolute atomic E-state index is 14.2. The summed E-state index contributed by atoms with van der Waals surface area (Å²) >= 11 is 6.02. The molecule has 0 aliphatic carbocycles. The molecule has 0 radical (unpaired) electrons. The Morgan fingerprint density at radius 2 is 1.59 bits per heavy atom. The number of sulfonamides is 1. The fourth-order valence-corrected chi connectivity index (χ4v) is 5.98. The second kappa shape index (κ2) is 14.4. The van der Waals surface area contributed by atoms with Crippen molar-refractivity contribution >= 4 is 39.1 Å². The van der Waals surface area contributed by atoms with Crippen LogP contribution in [0.2, 0.25) is 5.02 Å². The quantitative estimate of drug-likeness (QED) is 0.277. The van der Waals surface area contributed by atoms with Gasteiger partial charge in [-0.05, 0) is 80.3 Å². The number of halogens is 1. The molecule has 0 bridgehead atoms. The summed E-state index contributed by atoms with van der Waals surface area (Å²) in [6.45, 7) is 7.09. The number of nitrogens with one attached hydrogen (secondary N) is 1. The van der Waals surface area contributed by atoms with Gasteiger partial charge >= 0.3 is 0 Å². The lowest BCUT2D eigenvalue weighted by Crippen LogP contribution is -2.53. The zero-order chi connectivity index (χ0) is 30.2. The van der Waals surface area contributed by atoms with Crippen LogP contribution in [0.1, 0.15) is 44.7 Å². The zero-order valence-electron chi connectivity index (χ0n) is 24.1. The van der Waals surface area contributed by atoms with Crippen LogP contribution in [-0.2, 0) is 26.2 Å². The molecule has 0 spiro atoms. The third-order valence-electron chi connectivity index (χ3n) is 6.96. The molecule has 10 heteroatoms. The third-order valence-corrected chi connectivity index (χ3v) is 8.99. The first-order valence-corrected chi connectivity index (χ1v) is 15.4. The van der Waals surface area contributed by atoms with Crippen molar-refractivity contribution in [1.29, 1.82) is 0 Å². The predicted molar refractivity (Wildman–Crippen MR) is 163 cm³/mol. The van der Waals surface area contributed by atoms with Gasteiger partial charge in [0.1, 0.15) is 18.3 Å². The SMILES string of the molecule is CC[C@@H](C)NC(=O)[C@H](CC)N(Cc1ccc(OC)cc1)C(=O)CN(c1ccccc1C)S(=O)(=O)c1ccc(Cl)cc1. The van der Waals surface area contributed by atoms with Gasteiger partial charge in [0.25, 0.3) is 10.0 Å². The molecule has 0 saturated carbocycles. The Labute approximate surface area is 248 Å². The van der Waals surface area contributed by atoms with Crippen LogP contribution in [0.15, 0.2) is 77.7 Å². The molecular formula is C31H38ClN3O5S. The Hall–Kier alpha value is -3.56. The maximum atomic E-state index is 14.2. The number of hydrogen-bond acceptors (Lipinski definition) is 5. The van der Waals surface area contributed by atoms with Gasteiger partial charge in [0.15, 0.2) is 0 Å². The normalized spacial score (nSPS) is 12.7. The Balaban J connectivity index is 2.06. The standard InChI is InChI=1S/C31H38ClN3O5S/c1-6-23(4)33-31(37)28(7-2)34(20-24-12-16-26(40-5)17-13-24)30(36)21-35(29-11-9-8-10-22(29)3)41(38,39)27-18-14-25(32)15-19-27/h8-19,23,28H,6-7,20-21H2,1-5H3,(H,33,37)/t23-,28+/m1/s1. The summed E-state index contributed by atoms with van der Waals surface area (Å²) in [4.78, 5) is 29.0. The lowest BCUT2D eigenvalue weighted by molar-refractivity contribution is -0.140. The van der Waals surface area contributed by atoms with Crippen LogP contribution >= 0.6 is 11.6 Å². The first-order chi connectivity index (χ1) is 19.5. The Morgan fingerprint density at radius 3 is 2.15 bits per heavy atom. The van der Waals surface area contributed by atoms with Gasteiger partial charge in [-0.3, -0.25) is 13.9 Å². The van der Waals surface area contributed by atoms with Crippen LogP contribution in [0.25, 0.3) is 0 Å². The summed E-state index contributed by atoms with van der Waals surface area (Å²) in [5.74, 6) is -0.132. The number of nitrogens with zero attached hydrogens (tertiary/aromatic N) is 2. The van der Waals surface area contributed by atoms with Crippen LogP contribution in [-0.4, -0.2) is 50.9 Å². The van der Waals surface area contributed by atoms with E-state index in [-0.39, 0.29) is 23.4 Å². The van der Waals surface area contributed by atoms with E-state index in [9.17, 15) is 18.0 Å². The van der Waals surface area contributed by atoms with Crippen molar-refractivity contribution in [2.45, 2.75) is 64.1 Å². The molecular weight excluding hydrogens is 562 g/mol. The average molecular weight is 600 g/mol. The van der Waals surface area contributed by atoms with Gasteiger partial charge in [0.2, 0.25) is 11.8 Å². The zero-order valence-corrected chi connectivity index (χ0v) is 25.7. The molecule has 220 valence electrons. The van der Waals surface area contributed by atoms with Gasteiger partial charge in [0, 0.05) is 17.6 Å². The van der Waals surface area contributed by atoms with Gasteiger partial charge in [-0.15, -0.1) is 0 Å². The number of anilines is 1. The highest BCUT2D eigenvalue weighted by Crippen LogP contribution is 2.28. The number of para-hydroxylation sites is 1. The molecule has 0 unspecified atom stereocenters. The summed E-state index contributed by atoms with van der Waals surface area (Å²) in [6.07, 6.45) is 1.08. The largest absolute Gasteiger partial charge is 0.497 e. The molecule has 8 nitrogen and oxygen atoms in total. The van der Waals surface area contributed by atoms with E-state index in [1.54, 1.807) is 50.4 Å². The second-order valence-electron chi connectivity index (χ2n) is 9.86. The van der Waals surface area contributed by atoms with Crippen molar-refractivity contribution in [2.75, 3.05) is 18.0 Å². The molecule has 0 aromatic heterocycles. The monoisotopic (exact) mass is 599 g/mol. The summed E-state index contributed by atoms with van der Waals surface area (Å²) in [7, 11) is -2.60. The van der Waals surface area contributed by atoms with Gasteiger partial charge in [-0.1, -0.05) is 55.8 Å². The van der Waals surface area contributed by atoms with Crippen LogP contribution < -0.4 is 14.4 Å². The summed E-state index contributed by atoms with van der Waals surface area (Å²) < 4.78 is 34.3. The van der Waals surface area contributed by atoms with Gasteiger partial charge in [0.05, 0.1) is 17.7 Å². The highest BCUT2D eigenvalue weighted by atomic mass is 35.5. The number of methoxy groups -OCH3 is 1. The molecule has 0 heterocycles. The molecule has 3 aromatic carbocycles. The van der Waals surface area contributed by atoms with E-state index >= 15 is 0 Å². The number of carbonyl (C=O) groups is 2. The smallest absolute Gasteiger partial charge is 0.264 e. The molecule has 2 atom stereocenters. The van der Waals surface area contributed by atoms with E-state index in [0.717, 1.165) is 16.3 Å². The molecule has 41 heavy (non-hydrogen) atoms. The van der Waals surface area contributed by atoms with Crippen LogP contribution in [0.4, 0.5) is 5.69 Å². The van der Waals surface area contributed by atoms with Crippen LogP contribution in [0.3, 0.4) is 0 Å². The lowest BCUT2D eigenvalue weighted by Gasteiger charge is -2.34. The van der Waals surface area contributed by atoms with Gasteiger partial charge < -0.3 is 15.0 Å².